The summed E-state index contributed by atoms with van der Waals surface area (Å²) in [6.45, 7) is 2.46. The van der Waals surface area contributed by atoms with Crippen LogP contribution in [-0.2, 0) is 9.59 Å². The Kier molecular flexibility index (Phi) is 6.41. The number of hydrogen-bond donors (Lipinski definition) is 0. The van der Waals surface area contributed by atoms with Crippen molar-refractivity contribution in [1.29, 1.82) is 0 Å². The number of nitrogens with zero attached hydrogens (tertiary/aromatic N) is 1. The lowest BCUT2D eigenvalue weighted by Crippen LogP contribution is -2.41. The molecule has 5 heteroatoms. The molecule has 1 amide bonds. The third-order valence-corrected chi connectivity index (χ3v) is 6.91. The fraction of sp³-hybridized carbons (Fsp3) is 0.267. The van der Waals surface area contributed by atoms with E-state index in [1.807, 2.05) is 73.7 Å². The SMILES string of the molecule is CCOc1ccccc1C1CC(=O)N(c2cccc(OC)c2)C2=C1C(=O)CC(c1ccccc1)C2. The topological polar surface area (TPSA) is 55.8 Å². The number of Topliss-reactive ketones (excluding diaryl/α,β-unsaturated/α-hetero) is 1. The number of ether oxygens (including phenoxy) is 2. The summed E-state index contributed by atoms with van der Waals surface area (Å²) in [4.78, 5) is 29.3. The van der Waals surface area contributed by atoms with Crippen molar-refractivity contribution in [2.24, 2.45) is 0 Å². The molecule has 0 radical (unpaired) electrons. The second-order valence-corrected chi connectivity index (χ2v) is 8.96. The summed E-state index contributed by atoms with van der Waals surface area (Å²) in [5, 5.41) is 0. The van der Waals surface area contributed by atoms with Crippen molar-refractivity contribution >= 4 is 17.4 Å². The van der Waals surface area contributed by atoms with E-state index in [1.54, 1.807) is 12.0 Å². The normalized spacial score (nSPS) is 20.0. The molecule has 3 aromatic rings. The highest BCUT2D eigenvalue weighted by Gasteiger charge is 2.43. The molecule has 0 saturated heterocycles. The minimum Gasteiger partial charge on any atom is -0.497 e. The summed E-state index contributed by atoms with van der Waals surface area (Å²) >= 11 is 0. The van der Waals surface area contributed by atoms with Crippen LogP contribution in [0.5, 0.6) is 11.5 Å². The average molecular weight is 468 g/mol. The number of methoxy groups -OCH3 is 1. The van der Waals surface area contributed by atoms with E-state index in [4.69, 9.17) is 9.47 Å². The summed E-state index contributed by atoms with van der Waals surface area (Å²) in [5.74, 6) is 1.15. The van der Waals surface area contributed by atoms with Gasteiger partial charge in [-0.25, -0.2) is 0 Å². The number of benzene rings is 3. The quantitative estimate of drug-likeness (QED) is 0.445. The maximum absolute atomic E-state index is 13.8. The second-order valence-electron chi connectivity index (χ2n) is 8.96. The number of para-hydroxylation sites is 1. The molecule has 2 atom stereocenters. The molecule has 5 nitrogen and oxygen atoms in total. The Morgan fingerprint density at radius 3 is 2.43 bits per heavy atom. The van der Waals surface area contributed by atoms with Gasteiger partial charge in [-0.2, -0.15) is 0 Å². The molecule has 1 aliphatic heterocycles. The van der Waals surface area contributed by atoms with E-state index in [-0.39, 0.29) is 29.9 Å². The van der Waals surface area contributed by atoms with Gasteiger partial charge in [0.05, 0.1) is 19.4 Å². The van der Waals surface area contributed by atoms with Crippen LogP contribution in [0.15, 0.2) is 90.1 Å². The number of carbonyl (C=O) groups is 2. The summed E-state index contributed by atoms with van der Waals surface area (Å²) in [6, 6.07) is 25.3. The third kappa shape index (κ3) is 4.34. The van der Waals surface area contributed by atoms with Crippen molar-refractivity contribution < 1.29 is 19.1 Å². The molecular weight excluding hydrogens is 438 g/mol. The summed E-state index contributed by atoms with van der Waals surface area (Å²) in [7, 11) is 1.61. The molecule has 5 rings (SSSR count). The van der Waals surface area contributed by atoms with Gasteiger partial charge in [0.2, 0.25) is 5.91 Å². The Labute approximate surface area is 206 Å². The molecule has 0 spiro atoms. The smallest absolute Gasteiger partial charge is 0.232 e. The van der Waals surface area contributed by atoms with Crippen LogP contribution in [0.3, 0.4) is 0 Å². The molecule has 0 bridgehead atoms. The summed E-state index contributed by atoms with van der Waals surface area (Å²) in [6.07, 6.45) is 1.25. The van der Waals surface area contributed by atoms with Gasteiger partial charge in [0.1, 0.15) is 11.5 Å². The standard InChI is InChI=1S/C30H29NO4/c1-3-35-28-15-8-7-14-24(28)25-19-29(33)31(22-12-9-13-23(18-22)34-2)26-16-21(17-27(32)30(25)26)20-10-5-4-6-11-20/h4-15,18,21,25H,3,16-17,19H2,1-2H3. The molecule has 178 valence electrons. The number of hydrogen-bond acceptors (Lipinski definition) is 4. The third-order valence-electron chi connectivity index (χ3n) is 6.91. The lowest BCUT2D eigenvalue weighted by Gasteiger charge is -2.40. The first-order valence-corrected chi connectivity index (χ1v) is 12.1. The zero-order chi connectivity index (χ0) is 24.4. The van der Waals surface area contributed by atoms with Crippen molar-refractivity contribution in [3.05, 3.63) is 101 Å². The fourth-order valence-electron chi connectivity index (χ4n) is 5.37. The molecule has 0 saturated carbocycles. The minimum absolute atomic E-state index is 0.0178. The molecule has 0 aromatic heterocycles. The van der Waals surface area contributed by atoms with E-state index < -0.39 is 0 Å². The van der Waals surface area contributed by atoms with Crippen LogP contribution in [0, 0.1) is 0 Å². The van der Waals surface area contributed by atoms with Gasteiger partial charge in [-0.05, 0) is 43.0 Å². The molecule has 2 unspecified atom stereocenters. The summed E-state index contributed by atoms with van der Waals surface area (Å²) < 4.78 is 11.3. The van der Waals surface area contributed by atoms with Gasteiger partial charge in [-0.3, -0.25) is 14.5 Å². The Morgan fingerprint density at radius 2 is 1.66 bits per heavy atom. The number of ketones is 1. The molecular formula is C30H29NO4. The minimum atomic E-state index is -0.327. The van der Waals surface area contributed by atoms with Crippen LogP contribution in [0.4, 0.5) is 5.69 Å². The van der Waals surface area contributed by atoms with Gasteiger partial charge in [0, 0.05) is 41.7 Å². The van der Waals surface area contributed by atoms with Crippen molar-refractivity contribution in [1.82, 2.24) is 0 Å². The Hall–Kier alpha value is -3.86. The molecule has 0 fully saturated rings. The maximum Gasteiger partial charge on any atom is 0.232 e. The van der Waals surface area contributed by atoms with Crippen LogP contribution in [-0.4, -0.2) is 25.4 Å². The van der Waals surface area contributed by atoms with E-state index in [9.17, 15) is 9.59 Å². The second kappa shape index (κ2) is 9.79. The molecule has 0 N–H and O–H groups in total. The lowest BCUT2D eigenvalue weighted by molar-refractivity contribution is -0.120. The van der Waals surface area contributed by atoms with Crippen LogP contribution < -0.4 is 14.4 Å². The first-order chi connectivity index (χ1) is 17.1. The summed E-state index contributed by atoms with van der Waals surface area (Å²) in [5.41, 5.74) is 4.25. The number of carbonyl (C=O) groups excluding carboxylic acids is 2. The highest BCUT2D eigenvalue weighted by Crippen LogP contribution is 2.48. The number of anilines is 1. The van der Waals surface area contributed by atoms with Crippen molar-refractivity contribution in [2.75, 3.05) is 18.6 Å². The highest BCUT2D eigenvalue weighted by atomic mass is 16.5. The van der Waals surface area contributed by atoms with Crippen LogP contribution >= 0.6 is 0 Å². The Bertz CT molecular complexity index is 1280. The van der Waals surface area contributed by atoms with Gasteiger partial charge in [-0.15, -0.1) is 0 Å². The average Bonchev–Trinajstić information content (AvgIpc) is 2.89. The predicted molar refractivity (Wildman–Crippen MR) is 136 cm³/mol. The van der Waals surface area contributed by atoms with Crippen molar-refractivity contribution in [2.45, 2.75) is 38.0 Å². The van der Waals surface area contributed by atoms with Gasteiger partial charge in [0.25, 0.3) is 0 Å². The monoisotopic (exact) mass is 467 g/mol. The van der Waals surface area contributed by atoms with E-state index >= 15 is 0 Å². The Morgan fingerprint density at radius 1 is 0.886 bits per heavy atom. The number of allylic oxidation sites excluding steroid dienone is 2. The van der Waals surface area contributed by atoms with Crippen LogP contribution in [0.1, 0.15) is 49.1 Å². The van der Waals surface area contributed by atoms with E-state index in [0.29, 0.717) is 25.2 Å². The van der Waals surface area contributed by atoms with Crippen molar-refractivity contribution in [3.8, 4) is 11.5 Å². The largest absolute Gasteiger partial charge is 0.497 e. The van der Waals surface area contributed by atoms with Gasteiger partial charge in [0.15, 0.2) is 5.78 Å². The zero-order valence-corrected chi connectivity index (χ0v) is 20.1. The number of amides is 1. The lowest BCUT2D eigenvalue weighted by atomic mass is 9.72. The van der Waals surface area contributed by atoms with Crippen molar-refractivity contribution in [3.63, 3.8) is 0 Å². The molecule has 3 aromatic carbocycles. The van der Waals surface area contributed by atoms with Crippen LogP contribution in [0.25, 0.3) is 0 Å². The highest BCUT2D eigenvalue weighted by molar-refractivity contribution is 6.08. The van der Waals surface area contributed by atoms with Crippen LogP contribution in [0.2, 0.25) is 0 Å². The predicted octanol–water partition coefficient (Wildman–Crippen LogP) is 6.02. The van der Waals surface area contributed by atoms with E-state index in [1.165, 1.54) is 0 Å². The van der Waals surface area contributed by atoms with Gasteiger partial charge >= 0.3 is 0 Å². The molecule has 2 aliphatic rings. The van der Waals surface area contributed by atoms with E-state index in [0.717, 1.165) is 33.8 Å². The van der Waals surface area contributed by atoms with Gasteiger partial charge in [-0.1, -0.05) is 54.6 Å². The molecule has 35 heavy (non-hydrogen) atoms. The number of rotatable bonds is 6. The maximum atomic E-state index is 13.8. The first-order valence-electron chi connectivity index (χ1n) is 12.1. The molecule has 1 aliphatic carbocycles. The van der Waals surface area contributed by atoms with E-state index in [2.05, 4.69) is 12.1 Å². The fourth-order valence-corrected chi connectivity index (χ4v) is 5.37. The first kappa shape index (κ1) is 22.9. The van der Waals surface area contributed by atoms with Gasteiger partial charge < -0.3 is 9.47 Å². The Balaban J connectivity index is 1.67. The molecule has 1 heterocycles. The zero-order valence-electron chi connectivity index (χ0n) is 20.1.